The molecule has 0 saturated carbocycles. The SMILES string of the molecule is Cc1ccc(C#Cc2cnn(S(=O)(=O)c3ccc(C)cc3)c2-c2ccccc2)cc1. The maximum Gasteiger partial charge on any atom is 0.283 e. The second kappa shape index (κ2) is 8.02. The van der Waals surface area contributed by atoms with Crippen molar-refractivity contribution in [2.75, 3.05) is 0 Å². The molecular formula is C25H20N2O2S. The third kappa shape index (κ3) is 3.91. The summed E-state index contributed by atoms with van der Waals surface area (Å²) in [6.07, 6.45) is 1.51. The second-order valence-electron chi connectivity index (χ2n) is 7.05. The molecule has 5 heteroatoms. The van der Waals surface area contributed by atoms with Gasteiger partial charge in [-0.25, -0.2) is 0 Å². The summed E-state index contributed by atoms with van der Waals surface area (Å²) in [4.78, 5) is 0.187. The van der Waals surface area contributed by atoms with Gasteiger partial charge in [-0.05, 0) is 38.1 Å². The van der Waals surface area contributed by atoms with E-state index in [1.165, 1.54) is 6.20 Å². The second-order valence-corrected chi connectivity index (χ2v) is 8.82. The van der Waals surface area contributed by atoms with Gasteiger partial charge in [0.2, 0.25) is 0 Å². The van der Waals surface area contributed by atoms with Crippen LogP contribution < -0.4 is 0 Å². The fraction of sp³-hybridized carbons (Fsp3) is 0.0800. The molecule has 3 aromatic carbocycles. The third-order valence-corrected chi connectivity index (χ3v) is 6.33. The Morgan fingerprint density at radius 1 is 0.767 bits per heavy atom. The predicted octanol–water partition coefficient (Wildman–Crippen LogP) is 4.80. The fourth-order valence-electron chi connectivity index (χ4n) is 3.05. The highest BCUT2D eigenvalue weighted by molar-refractivity contribution is 7.90. The molecule has 4 nitrogen and oxygen atoms in total. The summed E-state index contributed by atoms with van der Waals surface area (Å²) in [5.74, 6) is 6.21. The van der Waals surface area contributed by atoms with Crippen LogP contribution in [0.15, 0.2) is 90.0 Å². The number of aryl methyl sites for hydroxylation is 2. The van der Waals surface area contributed by atoms with Crippen molar-refractivity contribution in [3.05, 3.63) is 107 Å². The van der Waals surface area contributed by atoms with E-state index in [0.717, 1.165) is 26.3 Å². The zero-order valence-corrected chi connectivity index (χ0v) is 17.5. The van der Waals surface area contributed by atoms with E-state index in [9.17, 15) is 8.42 Å². The van der Waals surface area contributed by atoms with Crippen LogP contribution in [0.4, 0.5) is 0 Å². The molecule has 0 aliphatic heterocycles. The fourth-order valence-corrected chi connectivity index (χ4v) is 4.35. The molecular weight excluding hydrogens is 392 g/mol. The van der Waals surface area contributed by atoms with Gasteiger partial charge in [-0.3, -0.25) is 0 Å². The highest BCUT2D eigenvalue weighted by atomic mass is 32.2. The van der Waals surface area contributed by atoms with Crippen molar-refractivity contribution in [1.29, 1.82) is 0 Å². The summed E-state index contributed by atoms with van der Waals surface area (Å²) >= 11 is 0. The van der Waals surface area contributed by atoms with Crippen molar-refractivity contribution in [1.82, 2.24) is 9.19 Å². The molecule has 1 heterocycles. The molecule has 148 valence electrons. The van der Waals surface area contributed by atoms with Gasteiger partial charge in [0, 0.05) is 11.1 Å². The standard InChI is InChI=1S/C25H20N2O2S/c1-19-8-12-21(13-9-19)14-15-23-18-26-27(25(23)22-6-4-3-5-7-22)30(28,29)24-16-10-20(2)11-17-24/h3-13,16-18H,1-2H3. The smallest absolute Gasteiger partial charge is 0.199 e. The topological polar surface area (TPSA) is 52.0 Å². The van der Waals surface area contributed by atoms with Crippen LogP contribution in [0.25, 0.3) is 11.3 Å². The molecule has 1 aromatic heterocycles. The molecule has 0 fully saturated rings. The Labute approximate surface area is 176 Å². The lowest BCUT2D eigenvalue weighted by molar-refractivity contribution is 0.581. The Bertz CT molecular complexity index is 1340. The molecule has 0 aliphatic carbocycles. The van der Waals surface area contributed by atoms with Crippen molar-refractivity contribution < 1.29 is 8.42 Å². The number of nitrogens with zero attached hydrogens (tertiary/aromatic N) is 2. The summed E-state index contributed by atoms with van der Waals surface area (Å²) in [6, 6.07) is 23.9. The summed E-state index contributed by atoms with van der Waals surface area (Å²) < 4.78 is 27.7. The lowest BCUT2D eigenvalue weighted by Crippen LogP contribution is -2.16. The van der Waals surface area contributed by atoms with Crippen molar-refractivity contribution >= 4 is 10.0 Å². The quantitative estimate of drug-likeness (QED) is 0.454. The first-order valence-electron chi connectivity index (χ1n) is 9.49. The predicted molar refractivity (Wildman–Crippen MR) is 119 cm³/mol. The average Bonchev–Trinajstić information content (AvgIpc) is 3.19. The van der Waals surface area contributed by atoms with Gasteiger partial charge in [0.05, 0.1) is 16.7 Å². The van der Waals surface area contributed by atoms with Crippen LogP contribution in [-0.2, 0) is 10.0 Å². The van der Waals surface area contributed by atoms with E-state index in [1.807, 2.05) is 68.4 Å². The monoisotopic (exact) mass is 412 g/mol. The highest BCUT2D eigenvalue weighted by Gasteiger charge is 2.24. The van der Waals surface area contributed by atoms with Gasteiger partial charge in [-0.2, -0.15) is 17.6 Å². The van der Waals surface area contributed by atoms with Gasteiger partial charge in [-0.1, -0.05) is 77.6 Å². The van der Waals surface area contributed by atoms with E-state index >= 15 is 0 Å². The molecule has 0 bridgehead atoms. The van der Waals surface area contributed by atoms with Gasteiger partial charge < -0.3 is 0 Å². The lowest BCUT2D eigenvalue weighted by atomic mass is 10.1. The Morgan fingerprint density at radius 2 is 1.37 bits per heavy atom. The van der Waals surface area contributed by atoms with Crippen LogP contribution >= 0.6 is 0 Å². The third-order valence-electron chi connectivity index (χ3n) is 4.72. The molecule has 0 N–H and O–H groups in total. The van der Waals surface area contributed by atoms with Crippen molar-refractivity contribution in [2.45, 2.75) is 18.7 Å². The molecule has 0 unspecified atom stereocenters. The molecule has 0 atom stereocenters. The lowest BCUT2D eigenvalue weighted by Gasteiger charge is -2.10. The molecule has 0 radical (unpaired) electrons. The normalized spacial score (nSPS) is 11.0. The minimum atomic E-state index is -3.86. The Balaban J connectivity index is 1.87. The summed E-state index contributed by atoms with van der Waals surface area (Å²) in [7, 11) is -3.86. The van der Waals surface area contributed by atoms with Crippen LogP contribution in [0, 0.1) is 25.7 Å². The van der Waals surface area contributed by atoms with Gasteiger partial charge in [0.15, 0.2) is 0 Å². The average molecular weight is 413 g/mol. The van der Waals surface area contributed by atoms with Crippen molar-refractivity contribution in [3.8, 4) is 23.1 Å². The van der Waals surface area contributed by atoms with Crippen LogP contribution in [0.3, 0.4) is 0 Å². The maximum atomic E-state index is 13.3. The zero-order chi connectivity index (χ0) is 21.1. The summed E-state index contributed by atoms with van der Waals surface area (Å²) in [5, 5.41) is 4.22. The van der Waals surface area contributed by atoms with E-state index < -0.39 is 10.0 Å². The Kier molecular flexibility index (Phi) is 5.26. The van der Waals surface area contributed by atoms with E-state index in [1.54, 1.807) is 24.3 Å². The first-order valence-corrected chi connectivity index (χ1v) is 10.9. The van der Waals surface area contributed by atoms with E-state index in [0.29, 0.717) is 11.3 Å². The van der Waals surface area contributed by atoms with Crippen LogP contribution in [-0.4, -0.2) is 17.6 Å². The highest BCUT2D eigenvalue weighted by Crippen LogP contribution is 2.27. The zero-order valence-electron chi connectivity index (χ0n) is 16.7. The minimum absolute atomic E-state index is 0.187. The number of benzene rings is 3. The molecule has 0 amide bonds. The van der Waals surface area contributed by atoms with E-state index in [-0.39, 0.29) is 4.90 Å². The van der Waals surface area contributed by atoms with Gasteiger partial charge in [-0.15, -0.1) is 0 Å². The first-order chi connectivity index (χ1) is 14.4. The number of rotatable bonds is 3. The maximum absolute atomic E-state index is 13.3. The molecule has 0 saturated heterocycles. The van der Waals surface area contributed by atoms with Crippen LogP contribution in [0.5, 0.6) is 0 Å². The summed E-state index contributed by atoms with van der Waals surface area (Å²) in [6.45, 7) is 3.93. The van der Waals surface area contributed by atoms with Gasteiger partial charge in [0.25, 0.3) is 10.0 Å². The van der Waals surface area contributed by atoms with Crippen molar-refractivity contribution in [3.63, 3.8) is 0 Å². The largest absolute Gasteiger partial charge is 0.283 e. The van der Waals surface area contributed by atoms with E-state index in [4.69, 9.17) is 0 Å². The van der Waals surface area contributed by atoms with Gasteiger partial charge >= 0.3 is 0 Å². The molecule has 0 spiro atoms. The number of aromatic nitrogens is 2. The molecule has 0 aliphatic rings. The van der Waals surface area contributed by atoms with Crippen molar-refractivity contribution in [2.24, 2.45) is 0 Å². The van der Waals surface area contributed by atoms with Crippen LogP contribution in [0.1, 0.15) is 22.3 Å². The minimum Gasteiger partial charge on any atom is -0.199 e. The molecule has 4 rings (SSSR count). The van der Waals surface area contributed by atoms with Crippen LogP contribution in [0.2, 0.25) is 0 Å². The number of hydrogen-bond acceptors (Lipinski definition) is 3. The summed E-state index contributed by atoms with van der Waals surface area (Å²) in [5.41, 5.74) is 4.74. The Hall–Kier alpha value is -3.62. The number of hydrogen-bond donors (Lipinski definition) is 0. The van der Waals surface area contributed by atoms with Gasteiger partial charge in [0.1, 0.15) is 5.69 Å². The first kappa shape index (κ1) is 19.7. The molecule has 30 heavy (non-hydrogen) atoms. The molecule has 4 aromatic rings. The van der Waals surface area contributed by atoms with E-state index in [2.05, 4.69) is 16.9 Å². The Morgan fingerprint density at radius 3 is 2.00 bits per heavy atom.